The number of halogens is 1. The number of fused-ring (bicyclic) bond motifs is 1. The van der Waals surface area contributed by atoms with Crippen LogP contribution in [0.5, 0.6) is 0 Å². The number of carbonyl (C=O) groups excluding carboxylic acids is 1. The van der Waals surface area contributed by atoms with Gasteiger partial charge in [-0.2, -0.15) is 0 Å². The Hall–Kier alpha value is -3.67. The van der Waals surface area contributed by atoms with Crippen LogP contribution in [0.1, 0.15) is 33.4 Å². The molecular formula is C28H25ClN4O. The number of aryl methyl sites for hydroxylation is 1. The maximum atomic E-state index is 13.7. The van der Waals surface area contributed by atoms with Crippen LogP contribution in [-0.4, -0.2) is 27.3 Å². The minimum Gasteiger partial charge on any atom is -0.360 e. The smallest absolute Gasteiger partial charge is 0.186 e. The number of aromatic amines is 2. The third-order valence-electron chi connectivity index (χ3n) is 6.03. The van der Waals surface area contributed by atoms with Crippen LogP contribution < -0.4 is 5.32 Å². The van der Waals surface area contributed by atoms with Gasteiger partial charge in [0.2, 0.25) is 0 Å². The molecule has 0 aliphatic rings. The molecule has 0 aliphatic heterocycles. The largest absolute Gasteiger partial charge is 0.360 e. The van der Waals surface area contributed by atoms with Gasteiger partial charge in [0.05, 0.1) is 17.9 Å². The van der Waals surface area contributed by atoms with Gasteiger partial charge < -0.3 is 15.3 Å². The van der Waals surface area contributed by atoms with Crippen LogP contribution in [0.25, 0.3) is 22.2 Å². The Bertz CT molecular complexity index is 1420. The number of hydrogen-bond donors (Lipinski definition) is 3. The molecule has 5 nitrogen and oxygen atoms in total. The highest BCUT2D eigenvalue weighted by Gasteiger charge is 2.24. The molecule has 0 bridgehead atoms. The van der Waals surface area contributed by atoms with Gasteiger partial charge in [-0.3, -0.25) is 4.79 Å². The van der Waals surface area contributed by atoms with Crippen LogP contribution in [-0.2, 0) is 6.42 Å². The maximum Gasteiger partial charge on any atom is 0.186 e. The quantitative estimate of drug-likeness (QED) is 0.235. The molecule has 0 radical (unpaired) electrons. The fraction of sp³-hybridized carbons (Fsp3) is 0.143. The molecule has 0 unspecified atom stereocenters. The van der Waals surface area contributed by atoms with Crippen molar-refractivity contribution in [2.24, 2.45) is 0 Å². The van der Waals surface area contributed by atoms with Crippen molar-refractivity contribution < 1.29 is 4.79 Å². The zero-order valence-corrected chi connectivity index (χ0v) is 19.6. The van der Waals surface area contributed by atoms with E-state index in [1.54, 1.807) is 0 Å². The standard InChI is InChI=1S/C28H25ClN4O/c1-18-31-17-26(33-18)21-9-12-23-24(16-32-25(23)15-21)28(34)27(20-5-3-2-4-6-20)30-14-13-19-7-10-22(29)11-8-19/h2-12,15-17,27,30,32H,13-14H2,1H3,(H,31,33)/t27-/m1/s1. The van der Waals surface area contributed by atoms with Crippen LogP contribution in [0, 0.1) is 6.92 Å². The van der Waals surface area contributed by atoms with E-state index in [1.165, 1.54) is 5.56 Å². The summed E-state index contributed by atoms with van der Waals surface area (Å²) in [5, 5.41) is 5.11. The van der Waals surface area contributed by atoms with E-state index in [1.807, 2.05) is 92.1 Å². The molecule has 1 atom stereocenters. The summed E-state index contributed by atoms with van der Waals surface area (Å²) in [6.07, 6.45) is 4.43. The van der Waals surface area contributed by atoms with Crippen molar-refractivity contribution in [2.45, 2.75) is 19.4 Å². The number of nitrogens with zero attached hydrogens (tertiary/aromatic N) is 1. The minimum absolute atomic E-state index is 0.0405. The second-order valence-electron chi connectivity index (χ2n) is 8.38. The van der Waals surface area contributed by atoms with Crippen molar-refractivity contribution in [3.8, 4) is 11.3 Å². The molecule has 0 spiro atoms. The number of carbonyl (C=O) groups is 1. The third kappa shape index (κ3) is 4.67. The number of hydrogen-bond acceptors (Lipinski definition) is 3. The third-order valence-corrected chi connectivity index (χ3v) is 6.28. The van der Waals surface area contributed by atoms with Gasteiger partial charge in [0.25, 0.3) is 0 Å². The number of nitrogens with one attached hydrogen (secondary N) is 3. The monoisotopic (exact) mass is 468 g/mol. The summed E-state index contributed by atoms with van der Waals surface area (Å²) < 4.78 is 0. The van der Waals surface area contributed by atoms with E-state index in [0.717, 1.165) is 45.0 Å². The summed E-state index contributed by atoms with van der Waals surface area (Å²) in [5.41, 5.74) is 5.69. The van der Waals surface area contributed by atoms with Gasteiger partial charge >= 0.3 is 0 Å². The van der Waals surface area contributed by atoms with Crippen LogP contribution in [0.15, 0.2) is 85.2 Å². The summed E-state index contributed by atoms with van der Waals surface area (Å²) >= 11 is 6.00. The minimum atomic E-state index is -0.442. The number of H-pyrrole nitrogens is 2. The fourth-order valence-corrected chi connectivity index (χ4v) is 4.37. The Morgan fingerprint density at radius 1 is 1.06 bits per heavy atom. The van der Waals surface area contributed by atoms with Crippen molar-refractivity contribution in [1.29, 1.82) is 0 Å². The van der Waals surface area contributed by atoms with Crippen molar-refractivity contribution >= 4 is 28.3 Å². The Kier molecular flexibility index (Phi) is 6.30. The summed E-state index contributed by atoms with van der Waals surface area (Å²) in [5.74, 6) is 0.909. The molecule has 3 aromatic carbocycles. The number of ketones is 1. The molecule has 5 rings (SSSR count). The molecule has 0 saturated carbocycles. The number of rotatable bonds is 8. The Morgan fingerprint density at radius 2 is 1.85 bits per heavy atom. The Balaban J connectivity index is 1.40. The lowest BCUT2D eigenvalue weighted by Gasteiger charge is -2.18. The Labute approximate surface area is 203 Å². The lowest BCUT2D eigenvalue weighted by atomic mass is 9.96. The predicted molar refractivity (Wildman–Crippen MR) is 137 cm³/mol. The average Bonchev–Trinajstić information content (AvgIpc) is 3.49. The zero-order chi connectivity index (χ0) is 23.5. The molecule has 0 amide bonds. The zero-order valence-electron chi connectivity index (χ0n) is 18.8. The van der Waals surface area contributed by atoms with Gasteiger partial charge in [0, 0.05) is 39.8 Å². The summed E-state index contributed by atoms with van der Waals surface area (Å²) in [4.78, 5) is 24.6. The van der Waals surface area contributed by atoms with E-state index >= 15 is 0 Å². The maximum absolute atomic E-state index is 13.7. The molecule has 170 valence electrons. The van der Waals surface area contributed by atoms with Crippen molar-refractivity contribution in [1.82, 2.24) is 20.3 Å². The van der Waals surface area contributed by atoms with Gasteiger partial charge in [0.1, 0.15) is 5.82 Å². The van der Waals surface area contributed by atoms with Gasteiger partial charge in [-0.15, -0.1) is 0 Å². The van der Waals surface area contributed by atoms with Crippen LogP contribution >= 0.6 is 11.6 Å². The first-order valence-corrected chi connectivity index (χ1v) is 11.7. The van der Waals surface area contributed by atoms with Crippen molar-refractivity contribution in [3.05, 3.63) is 113 Å². The molecule has 3 N–H and O–H groups in total. The average molecular weight is 469 g/mol. The van der Waals surface area contributed by atoms with Gasteiger partial charge in [-0.05, 0) is 42.7 Å². The SMILES string of the molecule is Cc1ncc(-c2ccc3c(C(=O)[C@H](NCCc4ccc(Cl)cc4)c4ccccc4)c[nH]c3c2)[nH]1. The van der Waals surface area contributed by atoms with E-state index < -0.39 is 6.04 Å². The lowest BCUT2D eigenvalue weighted by molar-refractivity contribution is 0.0945. The van der Waals surface area contributed by atoms with Crippen molar-refractivity contribution in [3.63, 3.8) is 0 Å². The first-order valence-electron chi connectivity index (χ1n) is 11.3. The van der Waals surface area contributed by atoms with Crippen molar-refractivity contribution in [2.75, 3.05) is 6.54 Å². The number of aromatic nitrogens is 3. The molecule has 0 saturated heterocycles. The van der Waals surface area contributed by atoms with E-state index in [2.05, 4.69) is 20.3 Å². The second-order valence-corrected chi connectivity index (χ2v) is 8.82. The first kappa shape index (κ1) is 22.1. The highest BCUT2D eigenvalue weighted by atomic mass is 35.5. The molecule has 6 heteroatoms. The normalized spacial score (nSPS) is 12.2. The molecule has 0 fully saturated rings. The lowest BCUT2D eigenvalue weighted by Crippen LogP contribution is -2.30. The predicted octanol–water partition coefficient (Wildman–Crippen LogP) is 6.28. The molecule has 2 aromatic heterocycles. The molecule has 2 heterocycles. The first-order chi connectivity index (χ1) is 16.6. The molecule has 5 aromatic rings. The highest BCUT2D eigenvalue weighted by Crippen LogP contribution is 2.28. The second kappa shape index (κ2) is 9.67. The molecule has 34 heavy (non-hydrogen) atoms. The number of benzene rings is 3. The van der Waals surface area contributed by atoms with Gasteiger partial charge in [-0.1, -0.05) is 66.2 Å². The van der Waals surface area contributed by atoms with Gasteiger partial charge in [0.15, 0.2) is 5.78 Å². The number of imidazole rings is 1. The molecular weight excluding hydrogens is 444 g/mol. The topological polar surface area (TPSA) is 73.6 Å². The molecule has 0 aliphatic carbocycles. The van der Waals surface area contributed by atoms with E-state index in [-0.39, 0.29) is 5.78 Å². The van der Waals surface area contributed by atoms with Crippen LogP contribution in [0.2, 0.25) is 5.02 Å². The number of Topliss-reactive ketones (excluding diaryl/α,β-unsaturated/α-hetero) is 1. The Morgan fingerprint density at radius 3 is 2.59 bits per heavy atom. The summed E-state index contributed by atoms with van der Waals surface area (Å²) in [7, 11) is 0. The van der Waals surface area contributed by atoms with E-state index in [0.29, 0.717) is 12.1 Å². The summed E-state index contributed by atoms with van der Waals surface area (Å²) in [6, 6.07) is 23.3. The highest BCUT2D eigenvalue weighted by molar-refractivity contribution is 6.30. The van der Waals surface area contributed by atoms with E-state index in [4.69, 9.17) is 11.6 Å². The van der Waals surface area contributed by atoms with Crippen LogP contribution in [0.4, 0.5) is 0 Å². The summed E-state index contributed by atoms with van der Waals surface area (Å²) in [6.45, 7) is 2.59. The van der Waals surface area contributed by atoms with Crippen LogP contribution in [0.3, 0.4) is 0 Å². The van der Waals surface area contributed by atoms with Gasteiger partial charge in [-0.25, -0.2) is 4.98 Å². The van der Waals surface area contributed by atoms with E-state index in [9.17, 15) is 4.79 Å². The fourth-order valence-electron chi connectivity index (χ4n) is 4.24.